The number of carbonyl (C=O) groups is 2. The van der Waals surface area contributed by atoms with Gasteiger partial charge >= 0.3 is 0 Å². The number of aryl methyl sites for hydroxylation is 1. The molecule has 0 unspecified atom stereocenters. The van der Waals surface area contributed by atoms with Gasteiger partial charge in [-0.1, -0.05) is 60.3 Å². The highest BCUT2D eigenvalue weighted by molar-refractivity contribution is 7.92. The van der Waals surface area contributed by atoms with Gasteiger partial charge in [-0.2, -0.15) is 0 Å². The summed E-state index contributed by atoms with van der Waals surface area (Å²) in [6.45, 7) is 5.24. The second-order valence-electron chi connectivity index (χ2n) is 9.57. The highest BCUT2D eigenvalue weighted by Crippen LogP contribution is 2.29. The zero-order valence-corrected chi connectivity index (χ0v) is 25.9. The number of nitrogens with zero attached hydrogens (tertiary/aromatic N) is 2. The Hall–Kier alpha value is -3.27. The predicted molar refractivity (Wildman–Crippen MR) is 163 cm³/mol. The molecule has 11 heteroatoms. The van der Waals surface area contributed by atoms with Crippen LogP contribution in [0.1, 0.15) is 37.8 Å². The minimum Gasteiger partial charge on any atom is -0.497 e. The van der Waals surface area contributed by atoms with E-state index in [1.54, 1.807) is 61.5 Å². The summed E-state index contributed by atoms with van der Waals surface area (Å²) in [7, 11) is -2.68. The third kappa shape index (κ3) is 8.15. The molecule has 0 aromatic heterocycles. The van der Waals surface area contributed by atoms with Crippen LogP contribution < -0.4 is 14.4 Å². The Labute approximate surface area is 252 Å². The van der Waals surface area contributed by atoms with Crippen LogP contribution in [-0.2, 0) is 26.2 Å². The summed E-state index contributed by atoms with van der Waals surface area (Å²) in [5, 5.41) is 3.50. The number of nitrogens with one attached hydrogen (secondary N) is 1. The minimum atomic E-state index is -4.18. The molecule has 3 rings (SSSR count). The number of amides is 2. The lowest BCUT2D eigenvalue weighted by Crippen LogP contribution is -2.51. The standard InChI is InChI=1S/C30H35Cl2N3O5S/c1-5-6-18-33-30(37)22(3)34(19-26-27(31)8-7-9-28(26)32)29(36)20-35(23-12-14-24(40-4)15-13-23)41(38,39)25-16-10-21(2)11-17-25/h7-17,22H,5-6,18-20H2,1-4H3,(H,33,37)/t22-/m1/s1. The van der Waals surface area contributed by atoms with Crippen LogP contribution in [0.3, 0.4) is 0 Å². The molecular weight excluding hydrogens is 585 g/mol. The van der Waals surface area contributed by atoms with Crippen molar-refractivity contribution in [2.45, 2.75) is 51.1 Å². The quantitative estimate of drug-likeness (QED) is 0.243. The van der Waals surface area contributed by atoms with Crippen molar-refractivity contribution in [1.29, 1.82) is 0 Å². The van der Waals surface area contributed by atoms with Gasteiger partial charge in [-0.3, -0.25) is 13.9 Å². The molecule has 1 N–H and O–H groups in total. The first-order chi connectivity index (χ1) is 19.5. The average molecular weight is 621 g/mol. The van der Waals surface area contributed by atoms with E-state index in [2.05, 4.69) is 5.32 Å². The monoisotopic (exact) mass is 619 g/mol. The number of methoxy groups -OCH3 is 1. The van der Waals surface area contributed by atoms with Crippen LogP contribution in [0.25, 0.3) is 0 Å². The second kappa shape index (κ2) is 14.6. The van der Waals surface area contributed by atoms with Crippen molar-refractivity contribution in [3.05, 3.63) is 87.9 Å². The third-order valence-corrected chi connectivity index (χ3v) is 9.13. The van der Waals surface area contributed by atoms with Gasteiger partial charge in [0.2, 0.25) is 11.8 Å². The summed E-state index contributed by atoms with van der Waals surface area (Å²) in [4.78, 5) is 28.4. The van der Waals surface area contributed by atoms with Crippen LogP contribution in [0.15, 0.2) is 71.6 Å². The van der Waals surface area contributed by atoms with Gasteiger partial charge in [-0.25, -0.2) is 8.42 Å². The number of sulfonamides is 1. The molecule has 8 nitrogen and oxygen atoms in total. The fourth-order valence-corrected chi connectivity index (χ4v) is 6.02. The maximum Gasteiger partial charge on any atom is 0.264 e. The van der Waals surface area contributed by atoms with Crippen molar-refractivity contribution in [2.75, 3.05) is 24.5 Å². The number of ether oxygens (including phenoxy) is 1. The number of anilines is 1. The van der Waals surface area contributed by atoms with Gasteiger partial charge in [-0.05, 0) is 68.8 Å². The summed E-state index contributed by atoms with van der Waals surface area (Å²) >= 11 is 12.8. The molecule has 0 spiro atoms. The highest BCUT2D eigenvalue weighted by atomic mass is 35.5. The normalized spacial score (nSPS) is 12.0. The van der Waals surface area contributed by atoms with E-state index in [9.17, 15) is 18.0 Å². The Bertz CT molecular complexity index is 1430. The maximum atomic E-state index is 14.0. The predicted octanol–water partition coefficient (Wildman–Crippen LogP) is 5.84. The van der Waals surface area contributed by atoms with Crippen molar-refractivity contribution in [2.24, 2.45) is 0 Å². The Balaban J connectivity index is 2.04. The number of hydrogen-bond acceptors (Lipinski definition) is 5. The topological polar surface area (TPSA) is 96.0 Å². The molecule has 220 valence electrons. The number of benzene rings is 3. The van der Waals surface area contributed by atoms with Crippen molar-refractivity contribution in [3.63, 3.8) is 0 Å². The van der Waals surface area contributed by atoms with Crippen molar-refractivity contribution >= 4 is 50.7 Å². The van der Waals surface area contributed by atoms with Gasteiger partial charge < -0.3 is 15.0 Å². The Kier molecular flexibility index (Phi) is 11.5. The lowest BCUT2D eigenvalue weighted by atomic mass is 10.1. The van der Waals surface area contributed by atoms with Crippen LogP contribution in [0.2, 0.25) is 10.0 Å². The summed E-state index contributed by atoms with van der Waals surface area (Å²) in [5.41, 5.74) is 1.60. The molecule has 3 aromatic rings. The number of hydrogen-bond donors (Lipinski definition) is 1. The number of unbranched alkanes of at least 4 members (excludes halogenated alkanes) is 1. The Morgan fingerprint density at radius 1 is 0.976 bits per heavy atom. The van der Waals surface area contributed by atoms with Gasteiger partial charge in [0, 0.05) is 28.7 Å². The molecular formula is C30H35Cl2N3O5S. The Morgan fingerprint density at radius 2 is 1.59 bits per heavy atom. The molecule has 0 heterocycles. The van der Waals surface area contributed by atoms with Gasteiger partial charge in [0.25, 0.3) is 10.0 Å². The van der Waals surface area contributed by atoms with Crippen LogP contribution in [0.4, 0.5) is 5.69 Å². The van der Waals surface area contributed by atoms with Gasteiger partial charge in [0.05, 0.1) is 17.7 Å². The molecule has 1 atom stereocenters. The second-order valence-corrected chi connectivity index (χ2v) is 12.2. The molecule has 2 amide bonds. The van der Waals surface area contributed by atoms with Crippen LogP contribution in [0.5, 0.6) is 5.75 Å². The summed E-state index contributed by atoms with van der Waals surface area (Å²) in [5.74, 6) is -0.446. The highest BCUT2D eigenvalue weighted by Gasteiger charge is 2.33. The average Bonchev–Trinajstić information content (AvgIpc) is 2.95. The first-order valence-corrected chi connectivity index (χ1v) is 15.4. The van der Waals surface area contributed by atoms with Crippen molar-refractivity contribution < 1.29 is 22.7 Å². The summed E-state index contributed by atoms with van der Waals surface area (Å²) in [6.07, 6.45) is 1.67. The van der Waals surface area contributed by atoms with E-state index in [1.807, 2.05) is 13.8 Å². The SMILES string of the molecule is CCCCNC(=O)[C@@H](C)N(Cc1c(Cl)cccc1Cl)C(=O)CN(c1ccc(OC)cc1)S(=O)(=O)c1ccc(C)cc1. The van der Waals surface area contributed by atoms with E-state index >= 15 is 0 Å². The molecule has 0 aliphatic rings. The van der Waals surface area contributed by atoms with Crippen LogP contribution in [-0.4, -0.2) is 51.4 Å². The third-order valence-electron chi connectivity index (χ3n) is 6.64. The largest absolute Gasteiger partial charge is 0.497 e. The number of halogens is 2. The van der Waals surface area contributed by atoms with E-state index in [0.29, 0.717) is 27.9 Å². The first-order valence-electron chi connectivity index (χ1n) is 13.2. The van der Waals surface area contributed by atoms with Gasteiger partial charge in [0.15, 0.2) is 0 Å². The molecule has 0 radical (unpaired) electrons. The lowest BCUT2D eigenvalue weighted by Gasteiger charge is -2.32. The molecule has 0 bridgehead atoms. The van der Waals surface area contributed by atoms with E-state index < -0.39 is 28.5 Å². The van der Waals surface area contributed by atoms with Gasteiger partial charge in [0.1, 0.15) is 18.3 Å². The zero-order chi connectivity index (χ0) is 30.2. The number of carbonyl (C=O) groups excluding carboxylic acids is 2. The minimum absolute atomic E-state index is 0.0257. The van der Waals surface area contributed by atoms with E-state index in [1.165, 1.54) is 24.1 Å². The fourth-order valence-electron chi connectivity index (χ4n) is 4.09. The number of rotatable bonds is 13. The molecule has 0 saturated carbocycles. The van der Waals surface area contributed by atoms with Crippen LogP contribution >= 0.6 is 23.2 Å². The zero-order valence-electron chi connectivity index (χ0n) is 23.6. The van der Waals surface area contributed by atoms with E-state index in [-0.39, 0.29) is 23.0 Å². The summed E-state index contributed by atoms with van der Waals surface area (Å²) < 4.78 is 34.1. The van der Waals surface area contributed by atoms with E-state index in [0.717, 1.165) is 22.7 Å². The van der Waals surface area contributed by atoms with Crippen molar-refractivity contribution in [3.8, 4) is 5.75 Å². The smallest absolute Gasteiger partial charge is 0.264 e. The summed E-state index contributed by atoms with van der Waals surface area (Å²) in [6, 6.07) is 16.8. The van der Waals surface area contributed by atoms with Crippen LogP contribution in [0, 0.1) is 6.92 Å². The van der Waals surface area contributed by atoms with E-state index in [4.69, 9.17) is 27.9 Å². The maximum absolute atomic E-state index is 14.0. The molecule has 0 aliphatic heterocycles. The molecule has 41 heavy (non-hydrogen) atoms. The Morgan fingerprint density at radius 3 is 2.15 bits per heavy atom. The van der Waals surface area contributed by atoms with Gasteiger partial charge in [-0.15, -0.1) is 0 Å². The first kappa shape index (κ1) is 32.2. The molecule has 0 fully saturated rings. The molecule has 3 aromatic carbocycles. The lowest BCUT2D eigenvalue weighted by molar-refractivity contribution is -0.139. The molecule has 0 saturated heterocycles. The molecule has 0 aliphatic carbocycles. The van der Waals surface area contributed by atoms with Crippen molar-refractivity contribution in [1.82, 2.24) is 10.2 Å². The fraction of sp³-hybridized carbons (Fsp3) is 0.333.